The SMILES string of the molecule is I[C@@H]1CCCCNC1. The number of halogens is 1. The lowest BCUT2D eigenvalue weighted by Gasteiger charge is -2.01. The molecule has 0 aliphatic carbocycles. The Balaban J connectivity index is 2.17. The number of hydrogen-bond donors (Lipinski definition) is 1. The topological polar surface area (TPSA) is 12.0 Å². The average molecular weight is 225 g/mol. The summed E-state index contributed by atoms with van der Waals surface area (Å²) in [6.07, 6.45) is 4.20. The Morgan fingerprint density at radius 2 is 2.25 bits per heavy atom. The van der Waals surface area contributed by atoms with Crippen LogP contribution in [0.2, 0.25) is 0 Å². The van der Waals surface area contributed by atoms with E-state index in [2.05, 4.69) is 27.9 Å². The van der Waals surface area contributed by atoms with Crippen molar-refractivity contribution in [2.75, 3.05) is 13.1 Å². The van der Waals surface area contributed by atoms with Crippen molar-refractivity contribution >= 4 is 22.6 Å². The lowest BCUT2D eigenvalue weighted by molar-refractivity contribution is 0.708. The highest BCUT2D eigenvalue weighted by molar-refractivity contribution is 14.1. The summed E-state index contributed by atoms with van der Waals surface area (Å²) in [7, 11) is 0. The molecule has 0 unspecified atom stereocenters. The van der Waals surface area contributed by atoms with Crippen LogP contribution in [0, 0.1) is 0 Å². The molecule has 2 heteroatoms. The summed E-state index contributed by atoms with van der Waals surface area (Å²) in [5.74, 6) is 0. The first kappa shape index (κ1) is 6.81. The molecule has 0 radical (unpaired) electrons. The second kappa shape index (κ2) is 3.67. The van der Waals surface area contributed by atoms with Gasteiger partial charge in [0.25, 0.3) is 0 Å². The first-order valence-corrected chi connectivity index (χ1v) is 4.49. The van der Waals surface area contributed by atoms with Gasteiger partial charge < -0.3 is 5.32 Å². The predicted octanol–water partition coefficient (Wildman–Crippen LogP) is 1.56. The van der Waals surface area contributed by atoms with Crippen LogP contribution in [0.3, 0.4) is 0 Å². The standard InChI is InChI=1S/C6H12IN/c7-6-3-1-2-4-8-5-6/h6,8H,1-5H2/t6-/m1/s1. The van der Waals surface area contributed by atoms with Crippen LogP contribution in [0.5, 0.6) is 0 Å². The van der Waals surface area contributed by atoms with Gasteiger partial charge >= 0.3 is 0 Å². The van der Waals surface area contributed by atoms with Crippen molar-refractivity contribution in [2.24, 2.45) is 0 Å². The molecule has 0 aromatic rings. The highest BCUT2D eigenvalue weighted by Crippen LogP contribution is 2.11. The molecule has 0 amide bonds. The Morgan fingerprint density at radius 3 is 3.12 bits per heavy atom. The zero-order valence-corrected chi connectivity index (χ0v) is 7.15. The summed E-state index contributed by atoms with van der Waals surface area (Å²) in [4.78, 5) is 0. The van der Waals surface area contributed by atoms with Gasteiger partial charge in [-0.3, -0.25) is 0 Å². The van der Waals surface area contributed by atoms with E-state index in [1.807, 2.05) is 0 Å². The van der Waals surface area contributed by atoms with Crippen LogP contribution in [0.4, 0.5) is 0 Å². The van der Waals surface area contributed by atoms with Gasteiger partial charge in [0, 0.05) is 10.5 Å². The van der Waals surface area contributed by atoms with Crippen molar-refractivity contribution < 1.29 is 0 Å². The summed E-state index contributed by atoms with van der Waals surface area (Å²) >= 11 is 2.52. The number of alkyl halides is 1. The Labute approximate surface area is 64.4 Å². The number of rotatable bonds is 0. The van der Waals surface area contributed by atoms with E-state index in [0.717, 1.165) is 3.92 Å². The maximum Gasteiger partial charge on any atom is 0.0234 e. The van der Waals surface area contributed by atoms with Gasteiger partial charge in [0.05, 0.1) is 0 Å². The van der Waals surface area contributed by atoms with Crippen LogP contribution in [-0.4, -0.2) is 17.0 Å². The zero-order chi connectivity index (χ0) is 5.82. The van der Waals surface area contributed by atoms with Gasteiger partial charge in [0.1, 0.15) is 0 Å². The molecule has 1 aliphatic rings. The van der Waals surface area contributed by atoms with Crippen LogP contribution in [-0.2, 0) is 0 Å². The fourth-order valence-electron chi connectivity index (χ4n) is 0.977. The van der Waals surface area contributed by atoms with Crippen molar-refractivity contribution in [3.8, 4) is 0 Å². The Morgan fingerprint density at radius 1 is 1.38 bits per heavy atom. The fraction of sp³-hybridized carbons (Fsp3) is 1.00. The Kier molecular flexibility index (Phi) is 3.12. The first-order chi connectivity index (χ1) is 3.89. The molecule has 1 aliphatic heterocycles. The molecule has 1 fully saturated rings. The van der Waals surface area contributed by atoms with E-state index in [0.29, 0.717) is 0 Å². The highest BCUT2D eigenvalue weighted by atomic mass is 127. The third kappa shape index (κ3) is 2.31. The van der Waals surface area contributed by atoms with Crippen molar-refractivity contribution in [3.05, 3.63) is 0 Å². The van der Waals surface area contributed by atoms with Gasteiger partial charge in [-0.05, 0) is 19.4 Å². The number of hydrogen-bond acceptors (Lipinski definition) is 1. The molecule has 0 spiro atoms. The van der Waals surface area contributed by atoms with Gasteiger partial charge in [0.15, 0.2) is 0 Å². The Hall–Kier alpha value is 0.690. The molecule has 0 aromatic heterocycles. The van der Waals surface area contributed by atoms with E-state index in [4.69, 9.17) is 0 Å². The number of nitrogens with one attached hydrogen (secondary N) is 1. The molecule has 1 saturated heterocycles. The first-order valence-electron chi connectivity index (χ1n) is 3.24. The minimum atomic E-state index is 0.884. The molecular weight excluding hydrogens is 213 g/mol. The zero-order valence-electron chi connectivity index (χ0n) is 4.99. The van der Waals surface area contributed by atoms with Gasteiger partial charge in [-0.15, -0.1) is 0 Å². The second-order valence-electron chi connectivity index (χ2n) is 2.30. The molecule has 1 nitrogen and oxygen atoms in total. The summed E-state index contributed by atoms with van der Waals surface area (Å²) in [6.45, 7) is 2.46. The summed E-state index contributed by atoms with van der Waals surface area (Å²) in [6, 6.07) is 0. The quantitative estimate of drug-likeness (QED) is 0.487. The van der Waals surface area contributed by atoms with E-state index in [1.165, 1.54) is 32.4 Å². The van der Waals surface area contributed by atoms with Crippen LogP contribution < -0.4 is 5.32 Å². The molecule has 1 N–H and O–H groups in total. The lowest BCUT2D eigenvalue weighted by atomic mass is 10.2. The fourth-order valence-corrected chi connectivity index (χ4v) is 1.73. The third-order valence-electron chi connectivity index (χ3n) is 1.49. The largest absolute Gasteiger partial charge is 0.316 e. The summed E-state index contributed by atoms with van der Waals surface area (Å²) in [5, 5.41) is 3.39. The average Bonchev–Trinajstić information content (AvgIpc) is 1.94. The van der Waals surface area contributed by atoms with Gasteiger partial charge in [-0.25, -0.2) is 0 Å². The molecular formula is C6H12IN. The van der Waals surface area contributed by atoms with Gasteiger partial charge in [-0.1, -0.05) is 29.0 Å². The van der Waals surface area contributed by atoms with Crippen molar-refractivity contribution in [1.29, 1.82) is 0 Å². The van der Waals surface area contributed by atoms with Crippen molar-refractivity contribution in [3.63, 3.8) is 0 Å². The van der Waals surface area contributed by atoms with Crippen molar-refractivity contribution in [2.45, 2.75) is 23.2 Å². The smallest absolute Gasteiger partial charge is 0.0234 e. The molecule has 1 atom stereocenters. The second-order valence-corrected chi connectivity index (χ2v) is 4.06. The monoisotopic (exact) mass is 225 g/mol. The van der Waals surface area contributed by atoms with E-state index in [1.54, 1.807) is 0 Å². The Bertz CT molecular complexity index is 57.5. The van der Waals surface area contributed by atoms with Crippen LogP contribution in [0.25, 0.3) is 0 Å². The molecule has 48 valence electrons. The molecule has 0 bridgehead atoms. The minimum Gasteiger partial charge on any atom is -0.316 e. The molecule has 1 heterocycles. The third-order valence-corrected chi connectivity index (χ3v) is 2.55. The normalized spacial score (nSPS) is 31.9. The van der Waals surface area contributed by atoms with E-state index < -0.39 is 0 Å². The van der Waals surface area contributed by atoms with E-state index in [9.17, 15) is 0 Å². The predicted molar refractivity (Wildman–Crippen MR) is 44.5 cm³/mol. The lowest BCUT2D eigenvalue weighted by Crippen LogP contribution is -2.19. The molecule has 0 saturated carbocycles. The van der Waals surface area contributed by atoms with Crippen LogP contribution in [0.15, 0.2) is 0 Å². The molecule has 1 rings (SSSR count). The van der Waals surface area contributed by atoms with Gasteiger partial charge in [-0.2, -0.15) is 0 Å². The molecule has 8 heavy (non-hydrogen) atoms. The maximum absolute atomic E-state index is 3.39. The van der Waals surface area contributed by atoms with E-state index in [-0.39, 0.29) is 0 Å². The van der Waals surface area contributed by atoms with Crippen LogP contribution >= 0.6 is 22.6 Å². The summed E-state index contributed by atoms with van der Waals surface area (Å²) < 4.78 is 0.884. The van der Waals surface area contributed by atoms with E-state index >= 15 is 0 Å². The maximum atomic E-state index is 3.39. The minimum absolute atomic E-state index is 0.884. The van der Waals surface area contributed by atoms with Crippen molar-refractivity contribution in [1.82, 2.24) is 5.32 Å². The highest BCUT2D eigenvalue weighted by Gasteiger charge is 2.05. The summed E-state index contributed by atoms with van der Waals surface area (Å²) in [5.41, 5.74) is 0. The van der Waals surface area contributed by atoms with Crippen LogP contribution in [0.1, 0.15) is 19.3 Å². The van der Waals surface area contributed by atoms with Gasteiger partial charge in [0.2, 0.25) is 0 Å². The molecule has 0 aromatic carbocycles.